The molecule has 3 amide bonds. The number of carbonyl (C=O) groups excluding carboxylic acids is 3. The molecule has 1 aliphatic rings. The lowest BCUT2D eigenvalue weighted by Crippen LogP contribution is -2.46. The first-order valence-electron chi connectivity index (χ1n) is 16.0. The molecule has 0 aromatic rings. The molecule has 0 spiro atoms. The zero-order valence-electron chi connectivity index (χ0n) is 25.8. The molecule has 40 heavy (non-hydrogen) atoms. The lowest BCUT2D eigenvalue weighted by molar-refractivity contribution is -0.137. The number of aliphatic hydroxyl groups is 2. The highest BCUT2D eigenvalue weighted by Crippen LogP contribution is 2.19. The van der Waals surface area contributed by atoms with E-state index in [1.165, 1.54) is 64.2 Å². The SMILES string of the molecule is CCCCCCCC/C=C\CCCCCCCC(=O)N1CCCN(C(=O)CCNC(=O)C(O)C(C)(C)CO)CC1. The predicted molar refractivity (Wildman–Crippen MR) is 162 cm³/mol. The van der Waals surface area contributed by atoms with E-state index in [0.29, 0.717) is 32.6 Å². The largest absolute Gasteiger partial charge is 0.396 e. The van der Waals surface area contributed by atoms with Gasteiger partial charge < -0.3 is 25.3 Å². The molecule has 8 heteroatoms. The average molecular weight is 566 g/mol. The van der Waals surface area contributed by atoms with Crippen LogP contribution in [0.5, 0.6) is 0 Å². The van der Waals surface area contributed by atoms with Crippen molar-refractivity contribution in [3.05, 3.63) is 12.2 Å². The molecular weight excluding hydrogens is 506 g/mol. The van der Waals surface area contributed by atoms with Gasteiger partial charge in [0.25, 0.3) is 0 Å². The number of hydrogen-bond acceptors (Lipinski definition) is 5. The highest BCUT2D eigenvalue weighted by molar-refractivity contribution is 5.82. The molecule has 0 bridgehead atoms. The summed E-state index contributed by atoms with van der Waals surface area (Å²) >= 11 is 0. The molecule has 1 atom stereocenters. The molecule has 0 aromatic heterocycles. The summed E-state index contributed by atoms with van der Waals surface area (Å²) in [5.41, 5.74) is -0.946. The van der Waals surface area contributed by atoms with Gasteiger partial charge in [0.2, 0.25) is 17.7 Å². The van der Waals surface area contributed by atoms with Crippen LogP contribution in [0.3, 0.4) is 0 Å². The van der Waals surface area contributed by atoms with Crippen LogP contribution in [-0.2, 0) is 14.4 Å². The van der Waals surface area contributed by atoms with Gasteiger partial charge in [-0.05, 0) is 38.5 Å². The van der Waals surface area contributed by atoms with E-state index in [1.54, 1.807) is 18.7 Å². The zero-order valence-corrected chi connectivity index (χ0v) is 25.8. The Balaban J connectivity index is 2.11. The third-order valence-electron chi connectivity index (χ3n) is 7.89. The van der Waals surface area contributed by atoms with Crippen LogP contribution < -0.4 is 5.32 Å². The van der Waals surface area contributed by atoms with E-state index in [1.807, 2.05) is 4.90 Å². The quantitative estimate of drug-likeness (QED) is 0.134. The van der Waals surface area contributed by atoms with Crippen LogP contribution in [0, 0.1) is 5.41 Å². The van der Waals surface area contributed by atoms with Gasteiger partial charge >= 0.3 is 0 Å². The maximum atomic E-state index is 12.7. The highest BCUT2D eigenvalue weighted by Gasteiger charge is 2.33. The fourth-order valence-electron chi connectivity index (χ4n) is 4.91. The van der Waals surface area contributed by atoms with Crippen molar-refractivity contribution in [1.29, 1.82) is 0 Å². The molecule has 232 valence electrons. The first-order valence-corrected chi connectivity index (χ1v) is 16.0. The van der Waals surface area contributed by atoms with Gasteiger partial charge in [-0.15, -0.1) is 0 Å². The summed E-state index contributed by atoms with van der Waals surface area (Å²) in [7, 11) is 0. The van der Waals surface area contributed by atoms with Gasteiger partial charge in [-0.2, -0.15) is 0 Å². The summed E-state index contributed by atoms with van der Waals surface area (Å²) in [5.74, 6) is -0.474. The van der Waals surface area contributed by atoms with Crippen LogP contribution in [0.1, 0.15) is 124 Å². The Bertz CT molecular complexity index is 740. The molecule has 0 radical (unpaired) electrons. The Hall–Kier alpha value is -1.93. The number of hydrogen-bond donors (Lipinski definition) is 3. The maximum absolute atomic E-state index is 12.7. The number of aliphatic hydroxyl groups excluding tert-OH is 2. The Morgan fingerprint density at radius 3 is 1.82 bits per heavy atom. The van der Waals surface area contributed by atoms with E-state index in [9.17, 15) is 24.6 Å². The normalized spacial score (nSPS) is 15.3. The molecule has 0 aliphatic carbocycles. The van der Waals surface area contributed by atoms with Gasteiger partial charge in [-0.1, -0.05) is 84.3 Å². The minimum absolute atomic E-state index is 0.0669. The van der Waals surface area contributed by atoms with Gasteiger partial charge in [0, 0.05) is 51.0 Å². The fraction of sp³-hybridized carbons (Fsp3) is 0.844. The summed E-state index contributed by atoms with van der Waals surface area (Å²) < 4.78 is 0. The van der Waals surface area contributed by atoms with Gasteiger partial charge in [-0.25, -0.2) is 0 Å². The summed E-state index contributed by atoms with van der Waals surface area (Å²) in [6, 6.07) is 0. The van der Waals surface area contributed by atoms with Gasteiger partial charge in [-0.3, -0.25) is 14.4 Å². The Kier molecular flexibility index (Phi) is 19.6. The van der Waals surface area contributed by atoms with Crippen molar-refractivity contribution >= 4 is 17.7 Å². The molecule has 1 heterocycles. The molecule has 0 aromatic carbocycles. The first kappa shape index (κ1) is 36.1. The van der Waals surface area contributed by atoms with Gasteiger partial charge in [0.05, 0.1) is 6.61 Å². The van der Waals surface area contributed by atoms with Crippen molar-refractivity contribution in [1.82, 2.24) is 15.1 Å². The van der Waals surface area contributed by atoms with Crippen molar-refractivity contribution in [3.8, 4) is 0 Å². The second-order valence-corrected chi connectivity index (χ2v) is 12.0. The monoisotopic (exact) mass is 565 g/mol. The van der Waals surface area contributed by atoms with E-state index in [0.717, 1.165) is 25.7 Å². The average Bonchev–Trinajstić information content (AvgIpc) is 3.21. The van der Waals surface area contributed by atoms with Crippen molar-refractivity contribution in [3.63, 3.8) is 0 Å². The standard InChI is InChI=1S/C32H59N3O5/c1-4-5-6-7-8-9-10-11-12-13-14-15-16-17-18-20-28(37)34-23-19-24-35(26-25-34)29(38)21-22-33-31(40)30(39)32(2,3)27-36/h11-12,30,36,39H,4-10,13-27H2,1-3H3,(H,33,40)/b12-11-. The van der Waals surface area contributed by atoms with E-state index >= 15 is 0 Å². The summed E-state index contributed by atoms with van der Waals surface area (Å²) in [5, 5.41) is 21.9. The van der Waals surface area contributed by atoms with Crippen LogP contribution in [0.25, 0.3) is 0 Å². The maximum Gasteiger partial charge on any atom is 0.249 e. The first-order chi connectivity index (χ1) is 19.2. The molecular formula is C32H59N3O5. The fourth-order valence-corrected chi connectivity index (χ4v) is 4.91. The Morgan fingerprint density at radius 2 is 1.27 bits per heavy atom. The molecule has 0 saturated carbocycles. The minimum atomic E-state index is -1.34. The zero-order chi connectivity index (χ0) is 29.6. The topological polar surface area (TPSA) is 110 Å². The molecule has 1 rings (SSSR count). The lowest BCUT2D eigenvalue weighted by atomic mass is 9.87. The van der Waals surface area contributed by atoms with E-state index < -0.39 is 17.4 Å². The van der Waals surface area contributed by atoms with Crippen molar-refractivity contribution in [2.45, 2.75) is 130 Å². The molecule has 1 unspecified atom stereocenters. The van der Waals surface area contributed by atoms with E-state index in [2.05, 4.69) is 24.4 Å². The lowest BCUT2D eigenvalue weighted by Gasteiger charge is -2.27. The van der Waals surface area contributed by atoms with Gasteiger partial charge in [0.15, 0.2) is 0 Å². The minimum Gasteiger partial charge on any atom is -0.396 e. The number of amides is 3. The smallest absolute Gasteiger partial charge is 0.249 e. The molecule has 1 aliphatic heterocycles. The predicted octanol–water partition coefficient (Wildman–Crippen LogP) is 4.97. The van der Waals surface area contributed by atoms with Crippen molar-refractivity contribution in [2.24, 2.45) is 5.41 Å². The second-order valence-electron chi connectivity index (χ2n) is 12.0. The highest BCUT2D eigenvalue weighted by atomic mass is 16.3. The number of nitrogens with one attached hydrogen (secondary N) is 1. The third kappa shape index (κ3) is 15.8. The van der Waals surface area contributed by atoms with Crippen LogP contribution >= 0.6 is 0 Å². The Labute approximate surface area is 243 Å². The number of allylic oxidation sites excluding steroid dienone is 2. The van der Waals surface area contributed by atoms with Crippen molar-refractivity contribution in [2.75, 3.05) is 39.3 Å². The molecule has 3 N–H and O–H groups in total. The van der Waals surface area contributed by atoms with E-state index in [4.69, 9.17) is 0 Å². The van der Waals surface area contributed by atoms with Crippen molar-refractivity contribution < 1.29 is 24.6 Å². The summed E-state index contributed by atoms with van der Waals surface area (Å²) in [6.07, 6.45) is 20.9. The van der Waals surface area contributed by atoms with Gasteiger partial charge in [0.1, 0.15) is 6.10 Å². The third-order valence-corrected chi connectivity index (χ3v) is 7.89. The summed E-state index contributed by atoms with van der Waals surface area (Å²) in [6.45, 7) is 7.60. The second kappa shape index (κ2) is 21.8. The number of nitrogens with zero attached hydrogens (tertiary/aromatic N) is 2. The van der Waals surface area contributed by atoms with Crippen LogP contribution in [0.15, 0.2) is 12.2 Å². The van der Waals surface area contributed by atoms with Crippen LogP contribution in [0.2, 0.25) is 0 Å². The van der Waals surface area contributed by atoms with E-state index in [-0.39, 0.29) is 31.4 Å². The number of carbonyl (C=O) groups is 3. The number of unbranched alkanes of at least 4 members (excludes halogenated alkanes) is 11. The van der Waals surface area contributed by atoms with Crippen LogP contribution in [0.4, 0.5) is 0 Å². The van der Waals surface area contributed by atoms with Crippen LogP contribution in [-0.4, -0.2) is 83.2 Å². The molecule has 8 nitrogen and oxygen atoms in total. The molecule has 1 fully saturated rings. The Morgan fingerprint density at radius 1 is 0.775 bits per heavy atom. The molecule has 1 saturated heterocycles. The summed E-state index contributed by atoms with van der Waals surface area (Å²) in [4.78, 5) is 41.1. The number of rotatable bonds is 21.